The van der Waals surface area contributed by atoms with Gasteiger partial charge in [-0.05, 0) is 19.1 Å². The number of ether oxygens (including phenoxy) is 4. The Morgan fingerprint density at radius 1 is 1.11 bits per heavy atom. The summed E-state index contributed by atoms with van der Waals surface area (Å²) in [5.41, 5.74) is 0.386. The van der Waals surface area contributed by atoms with E-state index in [0.717, 1.165) is 12.4 Å². The molecule has 0 amide bonds. The molecular weight excluding hydrogens is 495 g/mol. The van der Waals surface area contributed by atoms with Crippen LogP contribution in [-0.2, 0) is 19.5 Å². The SMILES string of the molecule is COc1cccc(OC)c1-n1c(NS(=O)(=O)[C@@H](C)[C@H](C)c2ncc(F)cn2)nnc1[C@@H]1COCCO1. The fourth-order valence-corrected chi connectivity index (χ4v) is 4.97. The molecule has 36 heavy (non-hydrogen) atoms. The second kappa shape index (κ2) is 10.7. The summed E-state index contributed by atoms with van der Waals surface area (Å²) < 4.78 is 66.5. The number of aromatic nitrogens is 5. The van der Waals surface area contributed by atoms with Crippen molar-refractivity contribution in [2.24, 2.45) is 0 Å². The molecule has 4 rings (SSSR count). The maximum absolute atomic E-state index is 13.4. The summed E-state index contributed by atoms with van der Waals surface area (Å²) in [5.74, 6) is -0.0773. The maximum Gasteiger partial charge on any atom is 0.243 e. The third-order valence-electron chi connectivity index (χ3n) is 5.89. The van der Waals surface area contributed by atoms with Gasteiger partial charge in [0.05, 0.1) is 51.7 Å². The highest BCUT2D eigenvalue weighted by atomic mass is 32.2. The number of rotatable bonds is 9. The number of sulfonamides is 1. The molecule has 1 saturated heterocycles. The highest BCUT2D eigenvalue weighted by molar-refractivity contribution is 7.93. The molecule has 14 heteroatoms. The second-order valence-electron chi connectivity index (χ2n) is 8.06. The molecule has 12 nitrogen and oxygen atoms in total. The van der Waals surface area contributed by atoms with Crippen molar-refractivity contribution in [2.75, 3.05) is 38.8 Å². The van der Waals surface area contributed by atoms with Crippen LogP contribution in [0.5, 0.6) is 11.5 Å². The summed E-state index contributed by atoms with van der Waals surface area (Å²) in [7, 11) is -1.09. The van der Waals surface area contributed by atoms with Crippen LogP contribution in [0.15, 0.2) is 30.6 Å². The van der Waals surface area contributed by atoms with Gasteiger partial charge in [0.2, 0.25) is 16.0 Å². The molecule has 1 N–H and O–H groups in total. The van der Waals surface area contributed by atoms with Crippen LogP contribution in [0.25, 0.3) is 5.69 Å². The van der Waals surface area contributed by atoms with Crippen LogP contribution in [0.1, 0.15) is 37.5 Å². The molecule has 0 spiro atoms. The Hall–Kier alpha value is -3.36. The van der Waals surface area contributed by atoms with Crippen molar-refractivity contribution in [3.8, 4) is 17.2 Å². The van der Waals surface area contributed by atoms with E-state index in [1.807, 2.05) is 0 Å². The molecule has 1 aliphatic rings. The van der Waals surface area contributed by atoms with E-state index < -0.39 is 33.1 Å². The number of methoxy groups -OCH3 is 2. The van der Waals surface area contributed by atoms with Crippen LogP contribution in [0, 0.1) is 5.82 Å². The van der Waals surface area contributed by atoms with Crippen molar-refractivity contribution in [1.82, 2.24) is 24.7 Å². The summed E-state index contributed by atoms with van der Waals surface area (Å²) >= 11 is 0. The fourth-order valence-electron chi connectivity index (χ4n) is 3.74. The zero-order valence-electron chi connectivity index (χ0n) is 20.2. The number of benzene rings is 1. The van der Waals surface area contributed by atoms with Crippen LogP contribution in [0.3, 0.4) is 0 Å². The molecule has 3 heterocycles. The number of hydrogen-bond acceptors (Lipinski definition) is 10. The Morgan fingerprint density at radius 3 is 2.36 bits per heavy atom. The normalized spacial score (nSPS) is 17.9. The predicted molar refractivity (Wildman–Crippen MR) is 126 cm³/mol. The fraction of sp³-hybridized carbons (Fsp3) is 0.455. The van der Waals surface area contributed by atoms with Gasteiger partial charge in [-0.2, -0.15) is 0 Å². The molecule has 1 fully saturated rings. The van der Waals surface area contributed by atoms with Gasteiger partial charge in [0.25, 0.3) is 0 Å². The quantitative estimate of drug-likeness (QED) is 0.445. The van der Waals surface area contributed by atoms with Gasteiger partial charge in [-0.15, -0.1) is 10.2 Å². The van der Waals surface area contributed by atoms with Gasteiger partial charge < -0.3 is 18.9 Å². The van der Waals surface area contributed by atoms with E-state index in [-0.39, 0.29) is 18.4 Å². The van der Waals surface area contributed by atoms with Crippen molar-refractivity contribution in [3.63, 3.8) is 0 Å². The molecule has 0 bridgehead atoms. The summed E-state index contributed by atoms with van der Waals surface area (Å²) in [5, 5.41) is 7.34. The Morgan fingerprint density at radius 2 is 1.78 bits per heavy atom. The number of halogens is 1. The molecule has 3 aromatic rings. The Labute approximate surface area is 207 Å². The van der Waals surface area contributed by atoms with Crippen LogP contribution in [0.2, 0.25) is 0 Å². The number of nitrogens with zero attached hydrogens (tertiary/aromatic N) is 5. The minimum absolute atomic E-state index is 0.0963. The maximum atomic E-state index is 13.4. The second-order valence-corrected chi connectivity index (χ2v) is 10.1. The molecule has 0 saturated carbocycles. The van der Waals surface area contributed by atoms with Gasteiger partial charge >= 0.3 is 0 Å². The van der Waals surface area contributed by atoms with Crippen molar-refractivity contribution in [3.05, 3.63) is 48.1 Å². The van der Waals surface area contributed by atoms with Gasteiger partial charge in [0.15, 0.2) is 11.6 Å². The summed E-state index contributed by atoms with van der Waals surface area (Å²) in [6.45, 7) is 4.13. The summed E-state index contributed by atoms with van der Waals surface area (Å²) in [4.78, 5) is 7.84. The first-order valence-corrected chi connectivity index (χ1v) is 12.7. The van der Waals surface area contributed by atoms with E-state index in [9.17, 15) is 12.8 Å². The molecule has 2 aromatic heterocycles. The van der Waals surface area contributed by atoms with Gasteiger partial charge in [-0.25, -0.2) is 22.8 Å². The van der Waals surface area contributed by atoms with E-state index in [1.165, 1.54) is 25.7 Å². The third-order valence-corrected chi connectivity index (χ3v) is 7.75. The Kier molecular flexibility index (Phi) is 7.66. The lowest BCUT2D eigenvalue weighted by Gasteiger charge is -2.25. The van der Waals surface area contributed by atoms with Gasteiger partial charge in [-0.3, -0.25) is 9.29 Å². The summed E-state index contributed by atoms with van der Waals surface area (Å²) in [6, 6.07) is 5.14. The van der Waals surface area contributed by atoms with E-state index in [4.69, 9.17) is 18.9 Å². The first-order chi connectivity index (χ1) is 17.3. The number of nitrogens with one attached hydrogen (secondary N) is 1. The lowest BCUT2D eigenvalue weighted by molar-refractivity contribution is -0.0941. The van der Waals surface area contributed by atoms with Crippen LogP contribution >= 0.6 is 0 Å². The van der Waals surface area contributed by atoms with E-state index >= 15 is 0 Å². The van der Waals surface area contributed by atoms with Gasteiger partial charge in [0, 0.05) is 5.92 Å². The van der Waals surface area contributed by atoms with E-state index in [0.29, 0.717) is 36.2 Å². The highest BCUT2D eigenvalue weighted by Gasteiger charge is 2.34. The minimum atomic E-state index is -4.06. The zero-order valence-corrected chi connectivity index (χ0v) is 21.0. The van der Waals surface area contributed by atoms with Crippen molar-refractivity contribution in [2.45, 2.75) is 31.1 Å². The average Bonchev–Trinajstić information content (AvgIpc) is 3.30. The van der Waals surface area contributed by atoms with Gasteiger partial charge in [0.1, 0.15) is 29.1 Å². The number of anilines is 1. The monoisotopic (exact) mass is 522 g/mol. The standard InChI is InChI=1S/C22H27FN6O6S/c1-13(20-24-10-15(23)11-25-20)14(2)36(30,31)28-22-27-26-21(18-12-34-8-9-35-18)29(22)19-16(32-3)6-5-7-17(19)33-4/h5-7,10-11,13-14,18H,8-9,12H2,1-4H3,(H,27,28)/t13-,14-,18-/m0/s1. The predicted octanol–water partition coefficient (Wildman–Crippen LogP) is 2.24. The first kappa shape index (κ1) is 25.7. The first-order valence-electron chi connectivity index (χ1n) is 11.1. The van der Waals surface area contributed by atoms with Crippen LogP contribution in [0.4, 0.5) is 10.3 Å². The lowest BCUT2D eigenvalue weighted by Crippen LogP contribution is -2.32. The largest absolute Gasteiger partial charge is 0.494 e. The number of hydrogen-bond donors (Lipinski definition) is 1. The molecule has 0 radical (unpaired) electrons. The Bertz CT molecular complexity index is 1270. The van der Waals surface area contributed by atoms with Crippen molar-refractivity contribution >= 4 is 16.0 Å². The van der Waals surface area contributed by atoms with Crippen molar-refractivity contribution < 1.29 is 31.8 Å². The molecule has 0 unspecified atom stereocenters. The summed E-state index contributed by atoms with van der Waals surface area (Å²) in [6.07, 6.45) is 1.38. The molecule has 0 aliphatic carbocycles. The van der Waals surface area contributed by atoms with Crippen LogP contribution in [-0.4, -0.2) is 72.4 Å². The topological polar surface area (TPSA) is 140 Å². The molecular formula is C22H27FN6O6S. The minimum Gasteiger partial charge on any atom is -0.494 e. The molecule has 1 aromatic carbocycles. The third kappa shape index (κ3) is 5.10. The smallest absolute Gasteiger partial charge is 0.243 e. The van der Waals surface area contributed by atoms with Crippen molar-refractivity contribution in [1.29, 1.82) is 0 Å². The lowest BCUT2D eigenvalue weighted by atomic mass is 10.1. The molecule has 3 atom stereocenters. The van der Waals surface area contributed by atoms with Gasteiger partial charge in [-0.1, -0.05) is 13.0 Å². The van der Waals surface area contributed by atoms with E-state index in [2.05, 4.69) is 24.9 Å². The molecule has 1 aliphatic heterocycles. The number of para-hydroxylation sites is 1. The average molecular weight is 523 g/mol. The molecule has 194 valence electrons. The zero-order chi connectivity index (χ0) is 25.9. The van der Waals surface area contributed by atoms with Crippen LogP contribution < -0.4 is 14.2 Å². The highest BCUT2D eigenvalue weighted by Crippen LogP contribution is 2.37. The Balaban J connectivity index is 1.77. The van der Waals surface area contributed by atoms with E-state index in [1.54, 1.807) is 25.1 Å².